The molecule has 0 N–H and O–H groups in total. The SMILES string of the molecule is Cc1ccn(-c2ccc(N3CCN(C(=O)CN4CCOCC4)CC3)nn2)n1. The van der Waals surface area contributed by atoms with Crippen molar-refractivity contribution >= 4 is 11.7 Å². The van der Waals surface area contributed by atoms with Crippen LogP contribution in [0.15, 0.2) is 24.4 Å². The minimum absolute atomic E-state index is 0.201. The summed E-state index contributed by atoms with van der Waals surface area (Å²) in [6, 6.07) is 5.82. The molecule has 0 aliphatic carbocycles. The van der Waals surface area contributed by atoms with Gasteiger partial charge in [0.2, 0.25) is 5.91 Å². The van der Waals surface area contributed by atoms with Gasteiger partial charge in [0.25, 0.3) is 0 Å². The van der Waals surface area contributed by atoms with Crippen LogP contribution >= 0.6 is 0 Å². The maximum absolute atomic E-state index is 12.5. The summed E-state index contributed by atoms with van der Waals surface area (Å²) in [5.41, 5.74) is 0.943. The highest BCUT2D eigenvalue weighted by Crippen LogP contribution is 2.14. The van der Waals surface area contributed by atoms with Crippen LogP contribution in [-0.2, 0) is 9.53 Å². The summed E-state index contributed by atoms with van der Waals surface area (Å²) in [6.07, 6.45) is 1.87. The summed E-state index contributed by atoms with van der Waals surface area (Å²) < 4.78 is 7.05. The zero-order valence-corrected chi connectivity index (χ0v) is 15.6. The molecule has 1 amide bonds. The smallest absolute Gasteiger partial charge is 0.236 e. The summed E-state index contributed by atoms with van der Waals surface area (Å²) in [5.74, 6) is 1.74. The van der Waals surface area contributed by atoms with E-state index in [1.807, 2.05) is 36.2 Å². The van der Waals surface area contributed by atoms with Crippen molar-refractivity contribution in [1.29, 1.82) is 0 Å². The Morgan fingerprint density at radius 3 is 2.33 bits per heavy atom. The Morgan fingerprint density at radius 2 is 1.70 bits per heavy atom. The van der Waals surface area contributed by atoms with Crippen LogP contribution in [0.5, 0.6) is 0 Å². The van der Waals surface area contributed by atoms with E-state index in [4.69, 9.17) is 4.74 Å². The molecule has 9 heteroatoms. The number of aryl methyl sites for hydroxylation is 1. The van der Waals surface area contributed by atoms with Crippen LogP contribution in [0.3, 0.4) is 0 Å². The topological polar surface area (TPSA) is 79.6 Å². The van der Waals surface area contributed by atoms with Gasteiger partial charge in [-0.25, -0.2) is 4.68 Å². The van der Waals surface area contributed by atoms with Crippen LogP contribution in [0.25, 0.3) is 5.82 Å². The first kappa shape index (κ1) is 17.9. The highest BCUT2D eigenvalue weighted by Gasteiger charge is 2.24. The van der Waals surface area contributed by atoms with Gasteiger partial charge in [0.1, 0.15) is 0 Å². The van der Waals surface area contributed by atoms with Crippen LogP contribution in [0.2, 0.25) is 0 Å². The second-order valence-electron chi connectivity index (χ2n) is 6.91. The third-order valence-electron chi connectivity index (χ3n) is 5.01. The van der Waals surface area contributed by atoms with Crippen LogP contribution in [-0.4, -0.2) is 94.7 Å². The minimum atomic E-state index is 0.201. The van der Waals surface area contributed by atoms with E-state index in [9.17, 15) is 4.79 Å². The number of hydrogen-bond acceptors (Lipinski definition) is 7. The van der Waals surface area contributed by atoms with Gasteiger partial charge in [-0.2, -0.15) is 5.10 Å². The number of rotatable bonds is 4. The van der Waals surface area contributed by atoms with Crippen LogP contribution in [0.4, 0.5) is 5.82 Å². The number of piperazine rings is 1. The van der Waals surface area contributed by atoms with Gasteiger partial charge >= 0.3 is 0 Å². The Morgan fingerprint density at radius 1 is 1.00 bits per heavy atom. The highest BCUT2D eigenvalue weighted by atomic mass is 16.5. The fraction of sp³-hybridized carbons (Fsp3) is 0.556. The van der Waals surface area contributed by atoms with Gasteiger partial charge in [-0.05, 0) is 25.1 Å². The standard InChI is InChI=1S/C18H25N7O2/c1-15-4-5-25(21-15)17-3-2-16(19-20-17)23-6-8-24(9-7-23)18(26)14-22-10-12-27-13-11-22/h2-5H,6-14H2,1H3. The average Bonchev–Trinajstić information content (AvgIpc) is 3.15. The lowest BCUT2D eigenvalue weighted by Gasteiger charge is -2.36. The molecule has 0 aromatic carbocycles. The zero-order chi connectivity index (χ0) is 18.6. The molecule has 27 heavy (non-hydrogen) atoms. The molecule has 0 atom stereocenters. The van der Waals surface area contributed by atoms with E-state index in [0.717, 1.165) is 37.7 Å². The first-order valence-electron chi connectivity index (χ1n) is 9.38. The van der Waals surface area contributed by atoms with E-state index >= 15 is 0 Å². The van der Waals surface area contributed by atoms with Crippen LogP contribution in [0.1, 0.15) is 5.69 Å². The number of anilines is 1. The number of carbonyl (C=O) groups excluding carboxylic acids is 1. The van der Waals surface area contributed by atoms with Gasteiger partial charge in [0, 0.05) is 45.5 Å². The third-order valence-corrected chi connectivity index (χ3v) is 5.01. The average molecular weight is 371 g/mol. The Labute approximate surface area is 158 Å². The number of ether oxygens (including phenoxy) is 1. The second kappa shape index (κ2) is 8.01. The maximum Gasteiger partial charge on any atom is 0.236 e. The molecule has 2 aliphatic rings. The van der Waals surface area contributed by atoms with Crippen molar-refractivity contribution < 1.29 is 9.53 Å². The molecule has 0 unspecified atom stereocenters. The summed E-state index contributed by atoms with van der Waals surface area (Å²) in [6.45, 7) is 8.50. The third kappa shape index (κ3) is 4.25. The quantitative estimate of drug-likeness (QED) is 0.746. The molecule has 2 saturated heterocycles. The lowest BCUT2D eigenvalue weighted by Crippen LogP contribution is -2.52. The Balaban J connectivity index is 1.30. The molecule has 2 aromatic heterocycles. The number of aromatic nitrogens is 4. The molecule has 2 aromatic rings. The second-order valence-corrected chi connectivity index (χ2v) is 6.91. The summed E-state index contributed by atoms with van der Waals surface area (Å²) in [7, 11) is 0. The van der Waals surface area contributed by atoms with Crippen molar-refractivity contribution in [2.24, 2.45) is 0 Å². The van der Waals surface area contributed by atoms with Crippen molar-refractivity contribution in [3.8, 4) is 5.82 Å². The number of amides is 1. The van der Waals surface area contributed by atoms with E-state index in [0.29, 0.717) is 38.7 Å². The first-order valence-corrected chi connectivity index (χ1v) is 9.38. The lowest BCUT2D eigenvalue weighted by molar-refractivity contribution is -0.133. The molecule has 2 fully saturated rings. The van der Waals surface area contributed by atoms with Crippen molar-refractivity contribution in [3.63, 3.8) is 0 Å². The number of hydrogen-bond donors (Lipinski definition) is 0. The molecule has 0 radical (unpaired) electrons. The van der Waals surface area contributed by atoms with Crippen molar-refractivity contribution in [2.75, 3.05) is 63.9 Å². The highest BCUT2D eigenvalue weighted by molar-refractivity contribution is 5.78. The summed E-state index contributed by atoms with van der Waals surface area (Å²) in [5, 5.41) is 13.0. The van der Waals surface area contributed by atoms with Gasteiger partial charge in [-0.1, -0.05) is 0 Å². The Kier molecular flexibility index (Phi) is 5.30. The molecule has 0 saturated carbocycles. The van der Waals surface area contributed by atoms with Crippen molar-refractivity contribution in [3.05, 3.63) is 30.1 Å². The van der Waals surface area contributed by atoms with Gasteiger partial charge in [-0.15, -0.1) is 10.2 Å². The van der Waals surface area contributed by atoms with Crippen LogP contribution in [0, 0.1) is 6.92 Å². The van der Waals surface area contributed by atoms with E-state index in [1.165, 1.54) is 0 Å². The lowest BCUT2D eigenvalue weighted by atomic mass is 10.3. The molecular weight excluding hydrogens is 346 g/mol. The molecular formula is C18H25N7O2. The van der Waals surface area contributed by atoms with Gasteiger partial charge in [-0.3, -0.25) is 9.69 Å². The predicted octanol–water partition coefficient (Wildman–Crippen LogP) is -0.0485. The molecule has 0 bridgehead atoms. The summed E-state index contributed by atoms with van der Waals surface area (Å²) in [4.78, 5) is 18.8. The summed E-state index contributed by atoms with van der Waals surface area (Å²) >= 11 is 0. The normalized spacial score (nSPS) is 18.7. The minimum Gasteiger partial charge on any atom is -0.379 e. The predicted molar refractivity (Wildman–Crippen MR) is 99.9 cm³/mol. The molecule has 144 valence electrons. The monoisotopic (exact) mass is 371 g/mol. The molecule has 4 rings (SSSR count). The first-order chi connectivity index (χ1) is 13.2. The number of nitrogens with zero attached hydrogens (tertiary/aromatic N) is 7. The van der Waals surface area contributed by atoms with E-state index < -0.39 is 0 Å². The Bertz CT molecular complexity index is 762. The number of carbonyl (C=O) groups is 1. The van der Waals surface area contributed by atoms with Crippen molar-refractivity contribution in [2.45, 2.75) is 6.92 Å². The van der Waals surface area contributed by atoms with Crippen LogP contribution < -0.4 is 4.90 Å². The van der Waals surface area contributed by atoms with Gasteiger partial charge in [0.05, 0.1) is 25.5 Å². The van der Waals surface area contributed by atoms with Crippen molar-refractivity contribution in [1.82, 2.24) is 29.8 Å². The fourth-order valence-corrected chi connectivity index (χ4v) is 3.39. The van der Waals surface area contributed by atoms with Gasteiger partial charge in [0.15, 0.2) is 11.6 Å². The van der Waals surface area contributed by atoms with E-state index in [2.05, 4.69) is 25.1 Å². The largest absolute Gasteiger partial charge is 0.379 e. The van der Waals surface area contributed by atoms with E-state index in [-0.39, 0.29) is 5.91 Å². The fourth-order valence-electron chi connectivity index (χ4n) is 3.39. The molecule has 0 spiro atoms. The number of morpholine rings is 1. The zero-order valence-electron chi connectivity index (χ0n) is 15.6. The van der Waals surface area contributed by atoms with E-state index in [1.54, 1.807) is 4.68 Å². The maximum atomic E-state index is 12.5. The molecule has 2 aliphatic heterocycles. The Hall–Kier alpha value is -2.52. The van der Waals surface area contributed by atoms with Gasteiger partial charge < -0.3 is 14.5 Å². The molecule has 4 heterocycles. The molecule has 9 nitrogen and oxygen atoms in total.